The molecule has 0 aliphatic carbocycles. The maximum Gasteiger partial charge on any atom is 0.0460 e. The lowest BCUT2D eigenvalue weighted by atomic mass is 9.95. The van der Waals surface area contributed by atoms with Gasteiger partial charge in [0.05, 0.1) is 0 Å². The minimum absolute atomic E-state index is 0.386. The maximum atomic E-state index is 8.96. The molecule has 2 N–H and O–H groups in total. The first-order valence-corrected chi connectivity index (χ1v) is 4.96. The summed E-state index contributed by atoms with van der Waals surface area (Å²) in [6.45, 7) is 5.11. The third-order valence-electron chi connectivity index (χ3n) is 3.18. The summed E-state index contributed by atoms with van der Waals surface area (Å²) in [6.07, 6.45) is 2.38. The van der Waals surface area contributed by atoms with Crippen LogP contribution in [0.4, 0.5) is 0 Å². The molecule has 2 aliphatic heterocycles. The molecular weight excluding hydrogens is 152 g/mol. The van der Waals surface area contributed by atoms with E-state index in [1.54, 1.807) is 0 Å². The smallest absolute Gasteiger partial charge is 0.0460 e. The van der Waals surface area contributed by atoms with Gasteiger partial charge in [-0.15, -0.1) is 0 Å². The molecule has 2 rings (SSSR count). The number of hydrogen-bond donors (Lipinski definition) is 2. The van der Waals surface area contributed by atoms with Crippen LogP contribution in [0.5, 0.6) is 0 Å². The third kappa shape index (κ3) is 1.63. The van der Waals surface area contributed by atoms with E-state index in [0.717, 1.165) is 6.04 Å². The van der Waals surface area contributed by atoms with Crippen LogP contribution in [0.15, 0.2) is 0 Å². The highest BCUT2D eigenvalue weighted by atomic mass is 16.3. The number of likely N-dealkylation sites (tertiary alicyclic amines) is 1. The molecular formula is C9H18N2O. The molecule has 0 unspecified atom stereocenters. The molecule has 70 valence electrons. The molecule has 0 aromatic heterocycles. The van der Waals surface area contributed by atoms with Gasteiger partial charge >= 0.3 is 0 Å². The van der Waals surface area contributed by atoms with Crippen LogP contribution in [-0.4, -0.2) is 48.8 Å². The Hall–Kier alpha value is -0.120. The van der Waals surface area contributed by atoms with Crippen molar-refractivity contribution in [2.45, 2.75) is 18.9 Å². The normalized spacial score (nSPS) is 28.8. The van der Waals surface area contributed by atoms with Crippen LogP contribution in [0.1, 0.15) is 12.8 Å². The average molecular weight is 170 g/mol. The van der Waals surface area contributed by atoms with E-state index in [2.05, 4.69) is 10.2 Å². The van der Waals surface area contributed by atoms with Gasteiger partial charge in [0.25, 0.3) is 0 Å². The number of aliphatic hydroxyl groups is 1. The minimum atomic E-state index is 0.386. The summed E-state index contributed by atoms with van der Waals surface area (Å²) >= 11 is 0. The van der Waals surface area contributed by atoms with Crippen molar-refractivity contribution in [3.05, 3.63) is 0 Å². The quantitative estimate of drug-likeness (QED) is 0.595. The molecule has 0 amide bonds. The van der Waals surface area contributed by atoms with E-state index >= 15 is 0 Å². The Balaban J connectivity index is 1.74. The van der Waals surface area contributed by atoms with E-state index in [1.165, 1.54) is 39.0 Å². The predicted molar refractivity (Wildman–Crippen MR) is 48.0 cm³/mol. The van der Waals surface area contributed by atoms with E-state index < -0.39 is 0 Å². The summed E-state index contributed by atoms with van der Waals surface area (Å²) in [5.74, 6) is 0.578. The van der Waals surface area contributed by atoms with Gasteiger partial charge in [0.2, 0.25) is 0 Å². The first kappa shape index (κ1) is 8.48. The van der Waals surface area contributed by atoms with Crippen LogP contribution >= 0.6 is 0 Å². The molecule has 0 aromatic rings. The summed E-state index contributed by atoms with van der Waals surface area (Å²) in [6, 6.07) is 0.796. The molecule has 0 radical (unpaired) electrons. The highest BCUT2D eigenvalue weighted by Gasteiger charge is 2.27. The SMILES string of the molecule is OCC1CCN(C2CNC2)CC1. The van der Waals surface area contributed by atoms with Gasteiger partial charge in [-0.25, -0.2) is 0 Å². The first-order chi connectivity index (χ1) is 5.90. The van der Waals surface area contributed by atoms with Gasteiger partial charge in [-0.05, 0) is 31.8 Å². The van der Waals surface area contributed by atoms with Crippen LogP contribution in [0.3, 0.4) is 0 Å². The van der Waals surface area contributed by atoms with Crippen LogP contribution in [0.2, 0.25) is 0 Å². The van der Waals surface area contributed by atoms with Crippen LogP contribution in [-0.2, 0) is 0 Å². The fourth-order valence-electron chi connectivity index (χ4n) is 2.03. The van der Waals surface area contributed by atoms with Crippen molar-refractivity contribution in [3.8, 4) is 0 Å². The maximum absolute atomic E-state index is 8.96. The van der Waals surface area contributed by atoms with E-state index in [0.29, 0.717) is 12.5 Å². The van der Waals surface area contributed by atoms with Crippen molar-refractivity contribution in [2.24, 2.45) is 5.92 Å². The van der Waals surface area contributed by atoms with E-state index in [9.17, 15) is 0 Å². The molecule has 2 saturated heterocycles. The Morgan fingerprint density at radius 2 is 1.92 bits per heavy atom. The zero-order chi connectivity index (χ0) is 8.39. The largest absolute Gasteiger partial charge is 0.396 e. The number of nitrogens with one attached hydrogen (secondary N) is 1. The lowest BCUT2D eigenvalue weighted by molar-refractivity contribution is 0.0780. The van der Waals surface area contributed by atoms with Crippen LogP contribution in [0, 0.1) is 5.92 Å². The van der Waals surface area contributed by atoms with Crippen molar-refractivity contribution < 1.29 is 5.11 Å². The second kappa shape index (κ2) is 3.73. The summed E-state index contributed by atoms with van der Waals surface area (Å²) in [7, 11) is 0. The molecule has 2 heterocycles. The van der Waals surface area contributed by atoms with Gasteiger partial charge in [-0.1, -0.05) is 0 Å². The monoisotopic (exact) mass is 170 g/mol. The summed E-state index contributed by atoms with van der Waals surface area (Å²) < 4.78 is 0. The van der Waals surface area contributed by atoms with Crippen molar-refractivity contribution in [1.82, 2.24) is 10.2 Å². The molecule has 0 saturated carbocycles. The first-order valence-electron chi connectivity index (χ1n) is 4.96. The Kier molecular flexibility index (Phi) is 2.63. The molecule has 3 nitrogen and oxygen atoms in total. The van der Waals surface area contributed by atoms with Gasteiger partial charge in [0, 0.05) is 25.7 Å². The van der Waals surface area contributed by atoms with Gasteiger partial charge in [0.15, 0.2) is 0 Å². The van der Waals surface area contributed by atoms with Crippen LogP contribution < -0.4 is 5.32 Å². The average Bonchev–Trinajstić information content (AvgIpc) is 2.03. The molecule has 0 aromatic carbocycles. The molecule has 0 atom stereocenters. The van der Waals surface area contributed by atoms with E-state index in [1.807, 2.05) is 0 Å². The second-order valence-electron chi connectivity index (χ2n) is 3.97. The molecule has 0 spiro atoms. The Morgan fingerprint density at radius 3 is 2.33 bits per heavy atom. The second-order valence-corrected chi connectivity index (χ2v) is 3.97. The van der Waals surface area contributed by atoms with Crippen molar-refractivity contribution in [1.29, 1.82) is 0 Å². The van der Waals surface area contributed by atoms with Gasteiger partial charge in [-0.3, -0.25) is 4.90 Å². The standard InChI is InChI=1S/C9H18N2O/c12-7-8-1-3-11(4-2-8)9-5-10-6-9/h8-10,12H,1-7H2. The number of nitrogens with zero attached hydrogens (tertiary/aromatic N) is 1. The van der Waals surface area contributed by atoms with E-state index in [-0.39, 0.29) is 0 Å². The lowest BCUT2D eigenvalue weighted by Gasteiger charge is -2.41. The highest BCUT2D eigenvalue weighted by molar-refractivity contribution is 4.87. The van der Waals surface area contributed by atoms with Crippen molar-refractivity contribution >= 4 is 0 Å². The Bertz CT molecular complexity index is 139. The third-order valence-corrected chi connectivity index (χ3v) is 3.18. The van der Waals surface area contributed by atoms with Crippen molar-refractivity contribution in [2.75, 3.05) is 32.8 Å². The van der Waals surface area contributed by atoms with E-state index in [4.69, 9.17) is 5.11 Å². The fourth-order valence-corrected chi connectivity index (χ4v) is 2.03. The lowest BCUT2D eigenvalue weighted by Crippen LogP contribution is -2.58. The molecule has 0 bridgehead atoms. The highest BCUT2D eigenvalue weighted by Crippen LogP contribution is 2.19. The van der Waals surface area contributed by atoms with Gasteiger partial charge in [-0.2, -0.15) is 0 Å². The number of rotatable bonds is 2. The van der Waals surface area contributed by atoms with Crippen molar-refractivity contribution in [3.63, 3.8) is 0 Å². The molecule has 12 heavy (non-hydrogen) atoms. The summed E-state index contributed by atoms with van der Waals surface area (Å²) in [4.78, 5) is 2.56. The van der Waals surface area contributed by atoms with Gasteiger partial charge < -0.3 is 10.4 Å². The number of piperidine rings is 1. The van der Waals surface area contributed by atoms with Crippen LogP contribution in [0.25, 0.3) is 0 Å². The summed E-state index contributed by atoms with van der Waals surface area (Å²) in [5.41, 5.74) is 0. The number of aliphatic hydroxyl groups excluding tert-OH is 1. The zero-order valence-corrected chi connectivity index (χ0v) is 7.50. The summed E-state index contributed by atoms with van der Waals surface area (Å²) in [5, 5.41) is 12.2. The molecule has 2 aliphatic rings. The minimum Gasteiger partial charge on any atom is -0.396 e. The number of hydrogen-bond acceptors (Lipinski definition) is 3. The topological polar surface area (TPSA) is 35.5 Å². The fraction of sp³-hybridized carbons (Fsp3) is 1.00. The molecule has 2 fully saturated rings. The Morgan fingerprint density at radius 1 is 1.25 bits per heavy atom. The predicted octanol–water partition coefficient (Wildman–Crippen LogP) is -0.337. The van der Waals surface area contributed by atoms with Gasteiger partial charge in [0.1, 0.15) is 0 Å². The zero-order valence-electron chi connectivity index (χ0n) is 7.50. The molecule has 3 heteroatoms. The Labute approximate surface area is 73.8 Å².